The van der Waals surface area contributed by atoms with Gasteiger partial charge in [-0.15, -0.1) is 0 Å². The van der Waals surface area contributed by atoms with Gasteiger partial charge in [-0.25, -0.2) is 9.97 Å². The number of anilines is 1. The van der Waals surface area contributed by atoms with Crippen LogP contribution >= 0.6 is 11.6 Å². The third-order valence-corrected chi connectivity index (χ3v) is 7.01. The van der Waals surface area contributed by atoms with E-state index in [-0.39, 0.29) is 12.5 Å². The molecular formula is C30H26ClN5O2. The fourth-order valence-electron chi connectivity index (χ4n) is 4.87. The van der Waals surface area contributed by atoms with Crippen molar-refractivity contribution >= 4 is 34.4 Å². The highest BCUT2D eigenvalue weighted by Crippen LogP contribution is 2.37. The van der Waals surface area contributed by atoms with Crippen molar-refractivity contribution in [1.82, 2.24) is 19.4 Å². The average molecular weight is 524 g/mol. The Kier molecular flexibility index (Phi) is 6.67. The highest BCUT2D eigenvalue weighted by atomic mass is 35.5. The summed E-state index contributed by atoms with van der Waals surface area (Å²) in [5, 5.41) is 1.64. The molecule has 0 atom stereocenters. The standard InChI is InChI=1S/C30H26ClN5O2/c31-23-10-7-11-24(18-23)36-19-26(22-8-3-1-4-9-22)28-29(32-21-33-30(28)36)35-16-14-34(15-17-35)27(37)20-38-25-12-5-2-6-13-25/h1-13,18-19,21H,14-17,20H2. The van der Waals surface area contributed by atoms with Crippen molar-refractivity contribution in [2.24, 2.45) is 0 Å². The van der Waals surface area contributed by atoms with Crippen LogP contribution in [-0.2, 0) is 4.79 Å². The van der Waals surface area contributed by atoms with Crippen LogP contribution in [0.2, 0.25) is 5.02 Å². The Hall–Kier alpha value is -4.36. The van der Waals surface area contributed by atoms with E-state index in [2.05, 4.69) is 32.8 Å². The molecule has 0 radical (unpaired) electrons. The molecule has 7 nitrogen and oxygen atoms in total. The molecule has 0 unspecified atom stereocenters. The first-order valence-electron chi connectivity index (χ1n) is 12.6. The summed E-state index contributed by atoms with van der Waals surface area (Å²) < 4.78 is 7.74. The summed E-state index contributed by atoms with van der Waals surface area (Å²) in [7, 11) is 0. The highest BCUT2D eigenvalue weighted by molar-refractivity contribution is 6.30. The molecule has 1 aliphatic heterocycles. The van der Waals surface area contributed by atoms with Gasteiger partial charge in [0.25, 0.3) is 5.91 Å². The predicted octanol–water partition coefficient (Wildman–Crippen LogP) is 5.47. The van der Waals surface area contributed by atoms with Gasteiger partial charge in [0.2, 0.25) is 0 Å². The fraction of sp³-hybridized carbons (Fsp3) is 0.167. The van der Waals surface area contributed by atoms with Crippen molar-refractivity contribution in [3.05, 3.63) is 102 Å². The summed E-state index contributed by atoms with van der Waals surface area (Å²) in [5.41, 5.74) is 3.88. The van der Waals surface area contributed by atoms with E-state index in [1.807, 2.05) is 77.7 Å². The van der Waals surface area contributed by atoms with Crippen molar-refractivity contribution in [2.75, 3.05) is 37.7 Å². The first kappa shape index (κ1) is 24.0. The third-order valence-electron chi connectivity index (χ3n) is 6.77. The van der Waals surface area contributed by atoms with Crippen LogP contribution in [0, 0.1) is 0 Å². The average Bonchev–Trinajstić information content (AvgIpc) is 3.37. The Morgan fingerprint density at radius 3 is 2.34 bits per heavy atom. The molecule has 0 N–H and O–H groups in total. The van der Waals surface area contributed by atoms with Gasteiger partial charge in [0.15, 0.2) is 12.3 Å². The van der Waals surface area contributed by atoms with Gasteiger partial charge in [0.1, 0.15) is 17.9 Å². The Bertz CT molecular complexity index is 1560. The SMILES string of the molecule is O=C(COc1ccccc1)N1CCN(c2ncnc3c2c(-c2ccccc2)cn3-c2cccc(Cl)c2)CC1. The third kappa shape index (κ3) is 4.80. The first-order valence-corrected chi connectivity index (χ1v) is 12.9. The number of hydrogen-bond donors (Lipinski definition) is 0. The number of halogens is 1. The van der Waals surface area contributed by atoms with Crippen LogP contribution in [-0.4, -0.2) is 58.1 Å². The molecule has 2 aromatic heterocycles. The molecule has 0 aliphatic carbocycles. The Morgan fingerprint density at radius 1 is 0.868 bits per heavy atom. The second-order valence-electron chi connectivity index (χ2n) is 9.12. The predicted molar refractivity (Wildman–Crippen MR) is 150 cm³/mol. The van der Waals surface area contributed by atoms with Crippen molar-refractivity contribution in [3.8, 4) is 22.6 Å². The highest BCUT2D eigenvalue weighted by Gasteiger charge is 2.26. The zero-order chi connectivity index (χ0) is 25.9. The lowest BCUT2D eigenvalue weighted by molar-refractivity contribution is -0.133. The zero-order valence-electron chi connectivity index (χ0n) is 20.7. The van der Waals surface area contributed by atoms with E-state index in [1.54, 1.807) is 6.33 Å². The number of fused-ring (bicyclic) bond motifs is 1. The molecule has 3 heterocycles. The molecule has 5 aromatic rings. The second kappa shape index (κ2) is 10.6. The lowest BCUT2D eigenvalue weighted by Gasteiger charge is -2.35. The molecule has 1 fully saturated rings. The quantitative estimate of drug-likeness (QED) is 0.295. The number of carbonyl (C=O) groups is 1. The maximum Gasteiger partial charge on any atom is 0.260 e. The van der Waals surface area contributed by atoms with Crippen molar-refractivity contribution in [1.29, 1.82) is 0 Å². The molecule has 6 rings (SSSR count). The van der Waals surface area contributed by atoms with E-state index >= 15 is 0 Å². The second-order valence-corrected chi connectivity index (χ2v) is 9.56. The molecule has 0 saturated carbocycles. The Balaban J connectivity index is 1.29. The molecule has 1 amide bonds. The van der Waals surface area contributed by atoms with Gasteiger partial charge >= 0.3 is 0 Å². The smallest absolute Gasteiger partial charge is 0.260 e. The van der Waals surface area contributed by atoms with Gasteiger partial charge in [-0.05, 0) is 35.9 Å². The minimum atomic E-state index is -0.0154. The molecule has 0 spiro atoms. The zero-order valence-corrected chi connectivity index (χ0v) is 21.5. The lowest BCUT2D eigenvalue weighted by atomic mass is 10.1. The monoisotopic (exact) mass is 523 g/mol. The summed E-state index contributed by atoms with van der Waals surface area (Å²) in [6.45, 7) is 2.55. The number of hydrogen-bond acceptors (Lipinski definition) is 5. The number of benzene rings is 3. The van der Waals surface area contributed by atoms with Crippen LogP contribution in [0.25, 0.3) is 27.8 Å². The number of amides is 1. The van der Waals surface area contributed by atoms with E-state index < -0.39 is 0 Å². The normalized spacial score (nSPS) is 13.6. The number of nitrogens with zero attached hydrogens (tertiary/aromatic N) is 5. The summed E-state index contributed by atoms with van der Waals surface area (Å²) in [6, 6.07) is 27.4. The van der Waals surface area contributed by atoms with Crippen LogP contribution in [0.5, 0.6) is 5.75 Å². The van der Waals surface area contributed by atoms with E-state index in [1.165, 1.54) is 0 Å². The minimum absolute atomic E-state index is 0.0154. The van der Waals surface area contributed by atoms with Gasteiger partial charge in [-0.2, -0.15) is 0 Å². The van der Waals surface area contributed by atoms with Crippen LogP contribution in [0.1, 0.15) is 0 Å². The van der Waals surface area contributed by atoms with Crippen LogP contribution in [0.15, 0.2) is 97.5 Å². The molecule has 38 heavy (non-hydrogen) atoms. The molecular weight excluding hydrogens is 498 g/mol. The van der Waals surface area contributed by atoms with Gasteiger partial charge in [-0.1, -0.05) is 66.2 Å². The fourth-order valence-corrected chi connectivity index (χ4v) is 5.05. The van der Waals surface area contributed by atoms with Gasteiger partial charge < -0.3 is 19.1 Å². The van der Waals surface area contributed by atoms with Crippen molar-refractivity contribution < 1.29 is 9.53 Å². The molecule has 8 heteroatoms. The number of aromatic nitrogens is 3. The van der Waals surface area contributed by atoms with Gasteiger partial charge in [-0.3, -0.25) is 4.79 Å². The maximum absolute atomic E-state index is 12.8. The first-order chi connectivity index (χ1) is 18.7. The van der Waals surface area contributed by atoms with E-state index in [4.69, 9.17) is 21.3 Å². The van der Waals surface area contributed by atoms with Crippen molar-refractivity contribution in [3.63, 3.8) is 0 Å². The summed E-state index contributed by atoms with van der Waals surface area (Å²) in [4.78, 5) is 26.3. The number of rotatable bonds is 6. The molecule has 3 aromatic carbocycles. The summed E-state index contributed by atoms with van der Waals surface area (Å²) in [6.07, 6.45) is 3.71. The van der Waals surface area contributed by atoms with Crippen LogP contribution in [0.4, 0.5) is 5.82 Å². The van der Waals surface area contributed by atoms with Crippen molar-refractivity contribution in [2.45, 2.75) is 0 Å². The Morgan fingerprint density at radius 2 is 1.61 bits per heavy atom. The summed E-state index contributed by atoms with van der Waals surface area (Å²) in [5.74, 6) is 1.54. The minimum Gasteiger partial charge on any atom is -0.484 e. The van der Waals surface area contributed by atoms with Crippen LogP contribution in [0.3, 0.4) is 0 Å². The van der Waals surface area contributed by atoms with E-state index in [0.717, 1.165) is 33.7 Å². The number of para-hydroxylation sites is 1. The van der Waals surface area contributed by atoms with Crippen LogP contribution < -0.4 is 9.64 Å². The van der Waals surface area contributed by atoms with E-state index in [0.29, 0.717) is 37.0 Å². The molecule has 190 valence electrons. The number of ether oxygens (including phenoxy) is 1. The topological polar surface area (TPSA) is 63.5 Å². The van der Waals surface area contributed by atoms with Gasteiger partial charge in [0, 0.05) is 48.6 Å². The lowest BCUT2D eigenvalue weighted by Crippen LogP contribution is -2.50. The largest absolute Gasteiger partial charge is 0.484 e. The molecule has 1 aliphatic rings. The number of piperazine rings is 1. The van der Waals surface area contributed by atoms with Gasteiger partial charge in [0.05, 0.1) is 5.39 Å². The molecule has 1 saturated heterocycles. The number of carbonyl (C=O) groups excluding carboxylic acids is 1. The van der Waals surface area contributed by atoms with E-state index in [9.17, 15) is 4.79 Å². The molecule has 0 bridgehead atoms. The Labute approximate surface area is 225 Å². The maximum atomic E-state index is 12.8. The summed E-state index contributed by atoms with van der Waals surface area (Å²) >= 11 is 6.32.